The maximum atomic E-state index is 3.47. The minimum Gasteiger partial charge on any atom is -0.374 e. The van der Waals surface area contributed by atoms with E-state index in [-0.39, 0.29) is 0 Å². The minimum atomic E-state index is 0.966. The molecule has 0 saturated carbocycles. The molecule has 2 nitrogen and oxygen atoms in total. The molecule has 17 heavy (non-hydrogen) atoms. The van der Waals surface area contributed by atoms with Crippen molar-refractivity contribution in [2.45, 2.75) is 19.9 Å². The van der Waals surface area contributed by atoms with E-state index in [1.165, 1.54) is 23.4 Å². The Morgan fingerprint density at radius 2 is 2.06 bits per heavy atom. The van der Waals surface area contributed by atoms with E-state index in [0.29, 0.717) is 0 Å². The second-order valence-corrected chi connectivity index (χ2v) is 5.21. The van der Waals surface area contributed by atoms with Gasteiger partial charge in [-0.2, -0.15) is 11.8 Å². The highest BCUT2D eigenvalue weighted by Gasteiger charge is 2.05. The number of hydrogen-bond acceptors (Lipinski definition) is 3. The molecule has 0 atom stereocenters. The van der Waals surface area contributed by atoms with Crippen LogP contribution in [-0.2, 0) is 6.54 Å². The fourth-order valence-electron chi connectivity index (χ4n) is 1.78. The van der Waals surface area contributed by atoms with Gasteiger partial charge in [0.05, 0.1) is 0 Å². The smallest absolute Gasteiger partial charge is 0.0409 e. The predicted molar refractivity (Wildman–Crippen MR) is 80.1 cm³/mol. The lowest BCUT2D eigenvalue weighted by Gasteiger charge is -2.22. The Hall–Kier alpha value is -0.670. The van der Waals surface area contributed by atoms with Crippen LogP contribution in [0.5, 0.6) is 0 Å². The van der Waals surface area contributed by atoms with Gasteiger partial charge in [-0.05, 0) is 30.9 Å². The van der Waals surface area contributed by atoms with Crippen LogP contribution in [0.2, 0.25) is 0 Å². The van der Waals surface area contributed by atoms with Crippen LogP contribution in [0.25, 0.3) is 0 Å². The Bertz CT molecular complexity index is 315. The van der Waals surface area contributed by atoms with E-state index in [9.17, 15) is 0 Å². The Morgan fingerprint density at radius 3 is 2.76 bits per heavy atom. The van der Waals surface area contributed by atoms with Crippen LogP contribution in [0.1, 0.15) is 18.9 Å². The summed E-state index contributed by atoms with van der Waals surface area (Å²) in [5.41, 5.74) is 2.75. The van der Waals surface area contributed by atoms with E-state index >= 15 is 0 Å². The number of para-hydroxylation sites is 1. The van der Waals surface area contributed by atoms with Crippen molar-refractivity contribution < 1.29 is 0 Å². The summed E-state index contributed by atoms with van der Waals surface area (Å²) in [6.45, 7) is 5.35. The van der Waals surface area contributed by atoms with Crippen molar-refractivity contribution in [1.29, 1.82) is 0 Å². The molecule has 0 bridgehead atoms. The second kappa shape index (κ2) is 8.43. The molecule has 1 aromatic carbocycles. The molecule has 0 aliphatic heterocycles. The molecule has 96 valence electrons. The molecule has 0 heterocycles. The summed E-state index contributed by atoms with van der Waals surface area (Å²) in [5.74, 6) is 1.17. The molecule has 1 aromatic rings. The fourth-order valence-corrected chi connectivity index (χ4v) is 2.24. The van der Waals surface area contributed by atoms with Gasteiger partial charge in [0.2, 0.25) is 0 Å². The third-order valence-corrected chi connectivity index (χ3v) is 3.37. The van der Waals surface area contributed by atoms with Crippen molar-refractivity contribution in [1.82, 2.24) is 5.32 Å². The van der Waals surface area contributed by atoms with Crippen LogP contribution in [0.15, 0.2) is 24.3 Å². The first kappa shape index (κ1) is 14.4. The zero-order valence-electron chi connectivity index (χ0n) is 11.2. The molecule has 0 unspecified atom stereocenters. The maximum absolute atomic E-state index is 3.47. The summed E-state index contributed by atoms with van der Waals surface area (Å²) in [6, 6.07) is 8.67. The Kier molecular flexibility index (Phi) is 7.13. The molecule has 1 N–H and O–H groups in total. The normalized spacial score (nSPS) is 10.5. The summed E-state index contributed by atoms with van der Waals surface area (Å²) in [5, 5.41) is 3.47. The lowest BCUT2D eigenvalue weighted by Crippen LogP contribution is -2.23. The van der Waals surface area contributed by atoms with Crippen molar-refractivity contribution in [3.05, 3.63) is 29.8 Å². The Morgan fingerprint density at radius 1 is 1.29 bits per heavy atom. The van der Waals surface area contributed by atoms with Gasteiger partial charge in [0.1, 0.15) is 0 Å². The van der Waals surface area contributed by atoms with Gasteiger partial charge < -0.3 is 10.2 Å². The highest BCUT2D eigenvalue weighted by Crippen LogP contribution is 2.19. The summed E-state index contributed by atoms with van der Waals surface area (Å²) in [7, 11) is 2.18. The van der Waals surface area contributed by atoms with Gasteiger partial charge in [-0.1, -0.05) is 25.1 Å². The monoisotopic (exact) mass is 252 g/mol. The number of rotatable bonds is 8. The van der Waals surface area contributed by atoms with Gasteiger partial charge in [-0.3, -0.25) is 0 Å². The third-order valence-electron chi connectivity index (χ3n) is 2.78. The quantitative estimate of drug-likeness (QED) is 0.716. The lowest BCUT2D eigenvalue weighted by molar-refractivity contribution is 0.674. The van der Waals surface area contributed by atoms with Crippen molar-refractivity contribution >= 4 is 17.4 Å². The average Bonchev–Trinajstić information content (AvgIpc) is 2.37. The lowest BCUT2D eigenvalue weighted by atomic mass is 10.1. The second-order valence-electron chi connectivity index (χ2n) is 4.22. The van der Waals surface area contributed by atoms with Crippen LogP contribution in [-0.4, -0.2) is 32.1 Å². The minimum absolute atomic E-state index is 0.966. The van der Waals surface area contributed by atoms with E-state index in [2.05, 4.69) is 54.7 Å². The van der Waals surface area contributed by atoms with Crippen molar-refractivity contribution in [3.63, 3.8) is 0 Å². The topological polar surface area (TPSA) is 15.3 Å². The third kappa shape index (κ3) is 5.00. The summed E-state index contributed by atoms with van der Waals surface area (Å²) < 4.78 is 0. The van der Waals surface area contributed by atoms with Crippen LogP contribution in [0.3, 0.4) is 0 Å². The van der Waals surface area contributed by atoms with Gasteiger partial charge >= 0.3 is 0 Å². The number of nitrogens with zero attached hydrogens (tertiary/aromatic N) is 1. The molecular formula is C14H24N2S. The number of nitrogens with one attached hydrogen (secondary N) is 1. The van der Waals surface area contributed by atoms with Crippen molar-refractivity contribution in [2.75, 3.05) is 37.0 Å². The molecule has 0 fully saturated rings. The van der Waals surface area contributed by atoms with E-state index in [4.69, 9.17) is 0 Å². The molecule has 0 aliphatic rings. The van der Waals surface area contributed by atoms with Crippen LogP contribution in [0, 0.1) is 0 Å². The van der Waals surface area contributed by atoms with Crippen LogP contribution < -0.4 is 10.2 Å². The number of benzene rings is 1. The standard InChI is InChI=1S/C14H24N2S/c1-4-9-15-12-13-7-5-6-8-14(13)16(2)10-11-17-3/h5-8,15H,4,9-12H2,1-3H3. The molecule has 1 rings (SSSR count). The van der Waals surface area contributed by atoms with Gasteiger partial charge in [0, 0.05) is 31.6 Å². The van der Waals surface area contributed by atoms with Gasteiger partial charge in [-0.25, -0.2) is 0 Å². The number of thioether (sulfide) groups is 1. The summed E-state index contributed by atoms with van der Waals surface area (Å²) in [4.78, 5) is 2.35. The molecule has 0 radical (unpaired) electrons. The van der Waals surface area contributed by atoms with Crippen molar-refractivity contribution in [3.8, 4) is 0 Å². The highest BCUT2D eigenvalue weighted by molar-refractivity contribution is 7.98. The Labute approximate surface area is 110 Å². The highest BCUT2D eigenvalue weighted by atomic mass is 32.2. The van der Waals surface area contributed by atoms with E-state index in [1.54, 1.807) is 0 Å². The van der Waals surface area contributed by atoms with Gasteiger partial charge in [0.15, 0.2) is 0 Å². The first-order valence-corrected chi connectivity index (χ1v) is 7.67. The first-order valence-electron chi connectivity index (χ1n) is 6.28. The zero-order valence-corrected chi connectivity index (χ0v) is 12.0. The van der Waals surface area contributed by atoms with E-state index in [1.807, 2.05) is 11.8 Å². The number of anilines is 1. The summed E-state index contributed by atoms with van der Waals surface area (Å²) >= 11 is 1.89. The molecule has 0 aliphatic carbocycles. The maximum Gasteiger partial charge on any atom is 0.0409 e. The summed E-state index contributed by atoms with van der Waals surface area (Å²) in [6.07, 6.45) is 3.34. The fraction of sp³-hybridized carbons (Fsp3) is 0.571. The van der Waals surface area contributed by atoms with Gasteiger partial charge in [0.25, 0.3) is 0 Å². The number of hydrogen-bond donors (Lipinski definition) is 1. The molecule has 0 amide bonds. The average molecular weight is 252 g/mol. The Balaban J connectivity index is 2.62. The molecule has 0 aromatic heterocycles. The SMILES string of the molecule is CCCNCc1ccccc1N(C)CCSC. The molecule has 3 heteroatoms. The van der Waals surface area contributed by atoms with Crippen LogP contribution in [0.4, 0.5) is 5.69 Å². The van der Waals surface area contributed by atoms with Crippen molar-refractivity contribution in [2.24, 2.45) is 0 Å². The predicted octanol–water partition coefficient (Wildman–Crippen LogP) is 2.99. The molecule has 0 saturated heterocycles. The largest absolute Gasteiger partial charge is 0.374 e. The zero-order chi connectivity index (χ0) is 12.5. The first-order chi connectivity index (χ1) is 8.29. The van der Waals surface area contributed by atoms with E-state index in [0.717, 1.165) is 19.6 Å². The molecular weight excluding hydrogens is 228 g/mol. The molecule has 0 spiro atoms. The van der Waals surface area contributed by atoms with Crippen LogP contribution >= 0.6 is 11.8 Å². The van der Waals surface area contributed by atoms with E-state index < -0.39 is 0 Å². The van der Waals surface area contributed by atoms with Gasteiger partial charge in [-0.15, -0.1) is 0 Å².